The van der Waals surface area contributed by atoms with Crippen LogP contribution in [0.25, 0.3) is 5.69 Å². The van der Waals surface area contributed by atoms with E-state index in [1.807, 2.05) is 37.3 Å². The zero-order valence-corrected chi connectivity index (χ0v) is 24.5. The molecule has 0 radical (unpaired) electrons. The van der Waals surface area contributed by atoms with Gasteiger partial charge >= 0.3 is 12.3 Å². The van der Waals surface area contributed by atoms with Gasteiger partial charge in [-0.15, -0.1) is 0 Å². The molecule has 12 heteroatoms. The van der Waals surface area contributed by atoms with Crippen molar-refractivity contribution in [1.29, 1.82) is 0 Å². The average Bonchev–Trinajstić information content (AvgIpc) is 3.80. The van der Waals surface area contributed by atoms with Crippen LogP contribution in [0.15, 0.2) is 60.8 Å². The summed E-state index contributed by atoms with van der Waals surface area (Å²) in [5, 5.41) is 6.98. The summed E-state index contributed by atoms with van der Waals surface area (Å²) in [6.45, 7) is 5.80. The van der Waals surface area contributed by atoms with Crippen LogP contribution in [-0.2, 0) is 15.7 Å². The highest BCUT2D eigenvalue weighted by atomic mass is 19.4. The smallest absolute Gasteiger partial charge is 0.434 e. The monoisotopic (exact) mass is 611 g/mol. The van der Waals surface area contributed by atoms with Crippen molar-refractivity contribution in [1.82, 2.24) is 24.9 Å². The molecule has 1 N–H and O–H groups in total. The van der Waals surface area contributed by atoms with Crippen LogP contribution in [0.1, 0.15) is 46.1 Å². The van der Waals surface area contributed by atoms with Gasteiger partial charge in [-0.25, -0.2) is 9.48 Å². The lowest BCUT2D eigenvalue weighted by molar-refractivity contribution is -0.143. The third-order valence-electron chi connectivity index (χ3n) is 8.79. The second-order valence-electron chi connectivity index (χ2n) is 11.9. The second kappa shape index (κ2) is 12.6. The largest absolute Gasteiger partial charge is 0.444 e. The molecule has 3 aliphatic heterocycles. The van der Waals surface area contributed by atoms with Crippen molar-refractivity contribution >= 4 is 12.0 Å². The van der Waals surface area contributed by atoms with Crippen LogP contribution in [-0.4, -0.2) is 83.6 Å². The highest BCUT2D eigenvalue weighted by molar-refractivity contribution is 5.95. The zero-order valence-electron chi connectivity index (χ0n) is 24.5. The molecule has 0 saturated carbocycles. The number of benzene rings is 2. The number of amides is 2. The normalized spacial score (nSPS) is 22.6. The number of aromatic nitrogens is 2. The number of likely N-dealkylation sites (tertiary alicyclic amines) is 2. The molecular formula is C32H36F3N5O4. The first-order chi connectivity index (χ1) is 21.2. The van der Waals surface area contributed by atoms with Gasteiger partial charge in [0, 0.05) is 39.1 Å². The van der Waals surface area contributed by atoms with Crippen LogP contribution >= 0.6 is 0 Å². The topological polar surface area (TPSA) is 88.9 Å². The van der Waals surface area contributed by atoms with Crippen molar-refractivity contribution < 1.29 is 32.2 Å². The van der Waals surface area contributed by atoms with E-state index >= 15 is 0 Å². The van der Waals surface area contributed by atoms with E-state index in [2.05, 4.69) is 15.3 Å². The van der Waals surface area contributed by atoms with Crippen LogP contribution in [0, 0.1) is 18.8 Å². The molecule has 3 fully saturated rings. The molecule has 1 aromatic heterocycles. The molecule has 2 aromatic carbocycles. The molecule has 4 atom stereocenters. The van der Waals surface area contributed by atoms with E-state index in [0.29, 0.717) is 39.1 Å². The number of carbonyl (C=O) groups is 2. The van der Waals surface area contributed by atoms with E-state index in [4.69, 9.17) is 9.47 Å². The van der Waals surface area contributed by atoms with E-state index in [0.717, 1.165) is 41.6 Å². The van der Waals surface area contributed by atoms with Crippen molar-refractivity contribution in [3.63, 3.8) is 0 Å². The number of ether oxygens (including phenoxy) is 2. The number of carbonyl (C=O) groups excluding carboxylic acids is 2. The summed E-state index contributed by atoms with van der Waals surface area (Å²) >= 11 is 0. The maximum Gasteiger partial charge on any atom is 0.434 e. The maximum absolute atomic E-state index is 14.2. The molecular weight excluding hydrogens is 575 g/mol. The number of nitrogens with one attached hydrogen (secondary N) is 1. The molecule has 0 bridgehead atoms. The summed E-state index contributed by atoms with van der Waals surface area (Å²) in [4.78, 5) is 29.9. The third-order valence-corrected chi connectivity index (χ3v) is 8.79. The van der Waals surface area contributed by atoms with Gasteiger partial charge in [0.1, 0.15) is 6.10 Å². The van der Waals surface area contributed by atoms with Gasteiger partial charge in [-0.3, -0.25) is 4.79 Å². The molecule has 6 rings (SSSR count). The minimum absolute atomic E-state index is 0.163. The van der Waals surface area contributed by atoms with E-state index in [1.165, 1.54) is 4.90 Å². The van der Waals surface area contributed by atoms with Gasteiger partial charge in [-0.05, 0) is 42.9 Å². The number of hydrogen-bond donors (Lipinski definition) is 1. The van der Waals surface area contributed by atoms with Crippen LogP contribution in [0.4, 0.5) is 18.0 Å². The SMILES string of the molecule is Cc1ccc(-n2ncc(C(=O)N3CC4CN(CCC(NC(=O)OC5CCOC5)c5ccccc5)C[C@H]4C3)c2C(F)(F)F)cc1. The maximum atomic E-state index is 14.2. The van der Waals surface area contributed by atoms with Gasteiger partial charge in [0.2, 0.25) is 0 Å². The number of aryl methyl sites for hydroxylation is 1. The highest BCUT2D eigenvalue weighted by Gasteiger charge is 2.45. The van der Waals surface area contributed by atoms with Crippen LogP contribution < -0.4 is 5.32 Å². The lowest BCUT2D eigenvalue weighted by Crippen LogP contribution is -2.36. The number of nitrogens with zero attached hydrogens (tertiary/aromatic N) is 4. The predicted octanol–water partition coefficient (Wildman–Crippen LogP) is 4.85. The summed E-state index contributed by atoms with van der Waals surface area (Å²) in [5.74, 6) is -0.317. The van der Waals surface area contributed by atoms with Gasteiger partial charge in [0.15, 0.2) is 5.69 Å². The molecule has 44 heavy (non-hydrogen) atoms. The summed E-state index contributed by atoms with van der Waals surface area (Å²) in [7, 11) is 0. The molecule has 4 heterocycles. The fourth-order valence-corrected chi connectivity index (χ4v) is 6.52. The van der Waals surface area contributed by atoms with E-state index in [9.17, 15) is 22.8 Å². The van der Waals surface area contributed by atoms with Gasteiger partial charge in [-0.2, -0.15) is 18.3 Å². The minimum atomic E-state index is -4.75. The first kappa shape index (κ1) is 30.1. The van der Waals surface area contributed by atoms with E-state index < -0.39 is 29.4 Å². The molecule has 0 aliphatic carbocycles. The summed E-state index contributed by atoms with van der Waals surface area (Å²) < 4.78 is 54.3. The second-order valence-corrected chi connectivity index (χ2v) is 11.9. The Morgan fingerprint density at radius 2 is 1.75 bits per heavy atom. The fraction of sp³-hybridized carbons (Fsp3) is 0.469. The van der Waals surface area contributed by atoms with Crippen LogP contribution in [0.2, 0.25) is 0 Å². The molecule has 3 unspecified atom stereocenters. The van der Waals surface area contributed by atoms with Gasteiger partial charge in [0.05, 0.1) is 36.7 Å². The molecule has 2 amide bonds. The van der Waals surface area contributed by atoms with Crippen molar-refractivity contribution in [2.75, 3.05) is 45.9 Å². The molecule has 0 spiro atoms. The van der Waals surface area contributed by atoms with E-state index in [-0.39, 0.29) is 29.7 Å². The summed E-state index contributed by atoms with van der Waals surface area (Å²) in [6.07, 6.45) is -3.07. The van der Waals surface area contributed by atoms with Crippen LogP contribution in [0.5, 0.6) is 0 Å². The summed E-state index contributed by atoms with van der Waals surface area (Å²) in [5.41, 5.74) is 0.661. The van der Waals surface area contributed by atoms with E-state index in [1.54, 1.807) is 24.3 Å². The Balaban J connectivity index is 1.07. The van der Waals surface area contributed by atoms with Crippen molar-refractivity contribution in [3.05, 3.63) is 83.2 Å². The Bertz CT molecular complexity index is 1440. The highest BCUT2D eigenvalue weighted by Crippen LogP contribution is 2.37. The van der Waals surface area contributed by atoms with Gasteiger partial charge in [-0.1, -0.05) is 48.0 Å². The number of fused-ring (bicyclic) bond motifs is 1. The lowest BCUT2D eigenvalue weighted by Gasteiger charge is -2.25. The van der Waals surface area contributed by atoms with Crippen molar-refractivity contribution in [2.24, 2.45) is 11.8 Å². The van der Waals surface area contributed by atoms with Gasteiger partial charge < -0.3 is 24.6 Å². The molecule has 9 nitrogen and oxygen atoms in total. The number of rotatable bonds is 8. The quantitative estimate of drug-likeness (QED) is 0.392. The van der Waals surface area contributed by atoms with Crippen molar-refractivity contribution in [2.45, 2.75) is 38.1 Å². The van der Waals surface area contributed by atoms with Gasteiger partial charge in [0.25, 0.3) is 5.91 Å². The molecule has 3 aromatic rings. The Morgan fingerprint density at radius 1 is 1.05 bits per heavy atom. The lowest BCUT2D eigenvalue weighted by atomic mass is 10.0. The first-order valence-electron chi connectivity index (χ1n) is 15.0. The number of halogens is 3. The predicted molar refractivity (Wildman–Crippen MR) is 155 cm³/mol. The fourth-order valence-electron chi connectivity index (χ4n) is 6.52. The Hall–Kier alpha value is -3.90. The third kappa shape index (κ3) is 6.61. The number of alkyl halides is 3. The Morgan fingerprint density at radius 3 is 2.39 bits per heavy atom. The number of alkyl carbamates (subject to hydrolysis) is 1. The van der Waals surface area contributed by atoms with Crippen molar-refractivity contribution in [3.8, 4) is 5.69 Å². The molecule has 3 saturated heterocycles. The summed E-state index contributed by atoms with van der Waals surface area (Å²) in [6, 6.07) is 16.0. The first-order valence-corrected chi connectivity index (χ1v) is 15.0. The standard InChI is InChI=1S/C32H36F3N5O4/c1-21-7-9-25(10-8-21)40-29(32(33,34)35)27(15-36-40)30(41)39-18-23-16-38(17-24(23)19-39)13-11-28(22-5-3-2-4-6-22)37-31(42)44-26-12-14-43-20-26/h2-10,15,23-24,26,28H,11-14,16-20H2,1H3,(H,37,42)/t23-,24?,26?,28?/m0/s1. The molecule has 3 aliphatic rings. The minimum Gasteiger partial charge on any atom is -0.444 e. The molecule has 234 valence electrons. The zero-order chi connectivity index (χ0) is 30.8. The number of hydrogen-bond acceptors (Lipinski definition) is 6. The Labute approximate surface area is 253 Å². The Kier molecular flexibility index (Phi) is 8.64. The average molecular weight is 612 g/mol. The van der Waals surface area contributed by atoms with Crippen LogP contribution in [0.3, 0.4) is 0 Å².